The Hall–Kier alpha value is -7.72. The third-order valence-corrected chi connectivity index (χ3v) is 14.9. The number of rotatable bonds is 4. The molecule has 14 rings (SSSR count). The smallest absolute Gasteiger partial charge is 0.143 e. The number of hydrogen-bond acceptors (Lipinski definition) is 3. The van der Waals surface area contributed by atoms with E-state index in [-0.39, 0.29) is 0 Å². The normalized spacial score (nSPS) is 13.3. The van der Waals surface area contributed by atoms with Crippen molar-refractivity contribution in [3.63, 3.8) is 0 Å². The van der Waals surface area contributed by atoms with Crippen LogP contribution in [0.4, 0.5) is 17.1 Å². The molecule has 3 heteroatoms. The van der Waals surface area contributed by atoms with E-state index < -0.39 is 5.41 Å². The molecule has 0 saturated carbocycles. The molecule has 0 N–H and O–H groups in total. The fraction of sp³-hybridized carbons (Fsp3) is 0.0169. The maximum absolute atomic E-state index is 7.03. The predicted octanol–water partition coefficient (Wildman–Crippen LogP) is 16.6. The van der Waals surface area contributed by atoms with Crippen LogP contribution in [0, 0.1) is 0 Å². The Kier molecular flexibility index (Phi) is 6.95. The molecule has 10 aromatic carbocycles. The number of nitrogens with zero attached hydrogens (tertiary/aromatic N) is 1. The van der Waals surface area contributed by atoms with Crippen molar-refractivity contribution < 1.29 is 4.42 Å². The van der Waals surface area contributed by atoms with Gasteiger partial charge in [0, 0.05) is 59.1 Å². The summed E-state index contributed by atoms with van der Waals surface area (Å²) in [5.41, 5.74) is 17.5. The van der Waals surface area contributed by atoms with E-state index in [1.807, 2.05) is 11.3 Å². The highest BCUT2D eigenvalue weighted by Gasteiger charge is 2.51. The standard InChI is InChI=1S/C59H35NOS/c1-2-16-37(17-3-1)60(39-29-31-44-43-21-8-12-27-52(43)59(53(44)35-39)50-25-10-6-19-41(50)42-20-7-11-26-51(42)59)38-30-32-54-48(34-38)49-33-36-15-4-5-18-40(36)56(57(49)61-54)47-24-14-23-46-45-22-9-13-28-55(45)62-58(46)47/h1-35H. The second-order valence-electron chi connectivity index (χ2n) is 16.7. The SMILES string of the molecule is c1ccc(N(c2ccc3c(c2)C2(c4ccccc4-c4ccccc42)c2ccccc2-3)c2ccc3oc4c(-c5cccc6c5sc5ccccc56)c5ccccc5cc4c3c2)cc1. The van der Waals surface area contributed by atoms with Gasteiger partial charge in [0.2, 0.25) is 0 Å². The van der Waals surface area contributed by atoms with Gasteiger partial charge in [-0.3, -0.25) is 0 Å². The van der Waals surface area contributed by atoms with Gasteiger partial charge < -0.3 is 9.32 Å². The number of hydrogen-bond donors (Lipinski definition) is 0. The maximum Gasteiger partial charge on any atom is 0.143 e. The maximum atomic E-state index is 7.03. The van der Waals surface area contributed by atoms with Crippen LogP contribution in [0.3, 0.4) is 0 Å². The first-order valence-corrected chi connectivity index (χ1v) is 22.1. The first kappa shape index (κ1) is 34.0. The molecule has 288 valence electrons. The first-order chi connectivity index (χ1) is 30.8. The van der Waals surface area contributed by atoms with Gasteiger partial charge in [0.05, 0.1) is 5.41 Å². The molecule has 2 aliphatic carbocycles. The van der Waals surface area contributed by atoms with E-state index in [1.54, 1.807) is 0 Å². The number of thiophene rings is 1. The van der Waals surface area contributed by atoms with Crippen LogP contribution in [0.15, 0.2) is 217 Å². The van der Waals surface area contributed by atoms with Crippen LogP contribution in [0.1, 0.15) is 22.3 Å². The number of anilines is 3. The number of para-hydroxylation sites is 1. The minimum absolute atomic E-state index is 0.434. The zero-order valence-electron chi connectivity index (χ0n) is 33.5. The summed E-state index contributed by atoms with van der Waals surface area (Å²) in [5, 5.41) is 7.18. The molecular weight excluding hydrogens is 771 g/mol. The van der Waals surface area contributed by atoms with Crippen LogP contribution in [0.25, 0.3) is 86.3 Å². The summed E-state index contributed by atoms with van der Waals surface area (Å²) in [6.45, 7) is 0. The zero-order valence-corrected chi connectivity index (χ0v) is 34.3. The summed E-state index contributed by atoms with van der Waals surface area (Å²) in [6, 6.07) is 78.3. The molecule has 2 aromatic heterocycles. The molecule has 0 aliphatic heterocycles. The minimum atomic E-state index is -0.434. The fourth-order valence-corrected chi connectivity index (χ4v) is 12.4. The van der Waals surface area contributed by atoms with E-state index >= 15 is 0 Å². The summed E-state index contributed by atoms with van der Waals surface area (Å²) < 4.78 is 9.61. The van der Waals surface area contributed by atoms with Crippen LogP contribution in [0.5, 0.6) is 0 Å². The highest BCUT2D eigenvalue weighted by Crippen LogP contribution is 2.63. The van der Waals surface area contributed by atoms with E-state index in [0.29, 0.717) is 0 Å². The molecule has 0 amide bonds. The van der Waals surface area contributed by atoms with E-state index in [4.69, 9.17) is 4.42 Å². The van der Waals surface area contributed by atoms with Gasteiger partial charge in [-0.2, -0.15) is 0 Å². The minimum Gasteiger partial charge on any atom is -0.455 e. The topological polar surface area (TPSA) is 16.4 Å². The van der Waals surface area contributed by atoms with E-state index in [2.05, 4.69) is 217 Å². The van der Waals surface area contributed by atoms with Crippen molar-refractivity contribution in [2.75, 3.05) is 4.90 Å². The van der Waals surface area contributed by atoms with Crippen molar-refractivity contribution in [3.8, 4) is 33.4 Å². The van der Waals surface area contributed by atoms with E-state index in [1.165, 1.54) is 81.0 Å². The lowest BCUT2D eigenvalue weighted by atomic mass is 9.70. The summed E-state index contributed by atoms with van der Waals surface area (Å²) in [6.07, 6.45) is 0. The highest BCUT2D eigenvalue weighted by molar-refractivity contribution is 7.26. The predicted molar refractivity (Wildman–Crippen MR) is 261 cm³/mol. The molecular formula is C59H35NOS. The highest BCUT2D eigenvalue weighted by atomic mass is 32.1. The summed E-state index contributed by atoms with van der Waals surface area (Å²) in [4.78, 5) is 2.42. The zero-order chi connectivity index (χ0) is 40.5. The van der Waals surface area contributed by atoms with Gasteiger partial charge in [-0.15, -0.1) is 11.3 Å². The Morgan fingerprint density at radius 2 is 0.952 bits per heavy atom. The summed E-state index contributed by atoms with van der Waals surface area (Å²) in [5.74, 6) is 0. The molecule has 0 fully saturated rings. The van der Waals surface area contributed by atoms with E-state index in [9.17, 15) is 0 Å². The van der Waals surface area contributed by atoms with Crippen molar-refractivity contribution in [2.24, 2.45) is 0 Å². The van der Waals surface area contributed by atoms with Crippen molar-refractivity contribution in [3.05, 3.63) is 235 Å². The van der Waals surface area contributed by atoms with Gasteiger partial charge in [0.15, 0.2) is 0 Å². The van der Waals surface area contributed by atoms with Crippen molar-refractivity contribution in [1.29, 1.82) is 0 Å². The van der Waals surface area contributed by atoms with Crippen LogP contribution in [0.2, 0.25) is 0 Å². The Balaban J connectivity index is 1.01. The first-order valence-electron chi connectivity index (χ1n) is 21.3. The Labute approximate surface area is 362 Å². The van der Waals surface area contributed by atoms with Crippen LogP contribution in [-0.2, 0) is 5.41 Å². The van der Waals surface area contributed by atoms with Crippen molar-refractivity contribution in [2.45, 2.75) is 5.41 Å². The molecule has 2 aliphatic rings. The molecule has 0 bridgehead atoms. The molecule has 0 atom stereocenters. The van der Waals surface area contributed by atoms with E-state index in [0.717, 1.165) is 44.6 Å². The van der Waals surface area contributed by atoms with Crippen molar-refractivity contribution >= 4 is 81.3 Å². The molecule has 0 saturated heterocycles. The van der Waals surface area contributed by atoms with Gasteiger partial charge in [-0.1, -0.05) is 158 Å². The third kappa shape index (κ3) is 4.47. The number of benzene rings is 10. The summed E-state index contributed by atoms with van der Waals surface area (Å²) in [7, 11) is 0. The van der Waals surface area contributed by atoms with Gasteiger partial charge >= 0.3 is 0 Å². The second kappa shape index (κ2) is 12.7. The van der Waals surface area contributed by atoms with Gasteiger partial charge in [0.1, 0.15) is 11.2 Å². The van der Waals surface area contributed by atoms with Crippen LogP contribution < -0.4 is 4.90 Å². The van der Waals surface area contributed by atoms with Gasteiger partial charge in [-0.25, -0.2) is 0 Å². The molecule has 2 heterocycles. The molecule has 2 nitrogen and oxygen atoms in total. The second-order valence-corrected chi connectivity index (χ2v) is 17.8. The third-order valence-electron chi connectivity index (χ3n) is 13.7. The molecule has 0 radical (unpaired) electrons. The lowest BCUT2D eigenvalue weighted by Crippen LogP contribution is -2.26. The largest absolute Gasteiger partial charge is 0.455 e. The molecule has 62 heavy (non-hydrogen) atoms. The number of fused-ring (bicyclic) bond motifs is 17. The monoisotopic (exact) mass is 805 g/mol. The average molecular weight is 806 g/mol. The Bertz CT molecular complexity index is 3770. The van der Waals surface area contributed by atoms with Crippen LogP contribution in [-0.4, -0.2) is 0 Å². The molecule has 0 unspecified atom stereocenters. The fourth-order valence-electron chi connectivity index (χ4n) is 11.2. The molecule has 1 spiro atoms. The quantitative estimate of drug-likeness (QED) is 0.176. The van der Waals surface area contributed by atoms with Crippen molar-refractivity contribution in [1.82, 2.24) is 0 Å². The summed E-state index contributed by atoms with van der Waals surface area (Å²) >= 11 is 1.86. The van der Waals surface area contributed by atoms with Crippen LogP contribution >= 0.6 is 11.3 Å². The lowest BCUT2D eigenvalue weighted by molar-refractivity contribution is 0.670. The van der Waals surface area contributed by atoms with Gasteiger partial charge in [0.25, 0.3) is 0 Å². The van der Waals surface area contributed by atoms with Gasteiger partial charge in [-0.05, 0) is 110 Å². The Morgan fingerprint density at radius 3 is 1.71 bits per heavy atom. The Morgan fingerprint density at radius 1 is 0.371 bits per heavy atom. The average Bonchev–Trinajstić information content (AvgIpc) is 4.06. The number of furan rings is 1. The molecule has 12 aromatic rings. The lowest BCUT2D eigenvalue weighted by Gasteiger charge is -2.32.